The molecule has 0 fully saturated rings. The Balaban J connectivity index is 2.35. The monoisotopic (exact) mass is 274 g/mol. The summed E-state index contributed by atoms with van der Waals surface area (Å²) in [5, 5.41) is 0. The van der Waals surface area contributed by atoms with Gasteiger partial charge in [-0.05, 0) is 43.2 Å². The predicted molar refractivity (Wildman–Crippen MR) is 73.8 cm³/mol. The van der Waals surface area contributed by atoms with Crippen LogP contribution in [0.25, 0.3) is 0 Å². The van der Waals surface area contributed by atoms with Crippen molar-refractivity contribution in [2.24, 2.45) is 0 Å². The van der Waals surface area contributed by atoms with E-state index >= 15 is 0 Å². The Hall–Kier alpha value is -2.36. The fourth-order valence-electron chi connectivity index (χ4n) is 1.95. The standard InChI is InChI=1S/C16H15FO3/c1-10-5-4-6-11(2)15(10)20-16(18)13-9-12(17)7-8-14(13)19-3/h4-9H,1-3H3. The minimum absolute atomic E-state index is 0.0650. The zero-order chi connectivity index (χ0) is 14.7. The molecule has 0 aliphatic carbocycles. The molecule has 20 heavy (non-hydrogen) atoms. The van der Waals surface area contributed by atoms with Gasteiger partial charge in [0.25, 0.3) is 0 Å². The van der Waals surface area contributed by atoms with E-state index in [9.17, 15) is 9.18 Å². The molecule has 0 amide bonds. The number of esters is 1. The van der Waals surface area contributed by atoms with Crippen LogP contribution in [-0.2, 0) is 0 Å². The minimum Gasteiger partial charge on any atom is -0.496 e. The third-order valence-corrected chi connectivity index (χ3v) is 2.98. The smallest absolute Gasteiger partial charge is 0.347 e. The van der Waals surface area contributed by atoms with Crippen molar-refractivity contribution in [3.8, 4) is 11.5 Å². The first-order valence-corrected chi connectivity index (χ1v) is 6.15. The van der Waals surface area contributed by atoms with Crippen LogP contribution in [-0.4, -0.2) is 13.1 Å². The molecule has 2 aromatic carbocycles. The summed E-state index contributed by atoms with van der Waals surface area (Å²) < 4.78 is 23.7. The van der Waals surface area contributed by atoms with Gasteiger partial charge in [-0.25, -0.2) is 9.18 Å². The van der Waals surface area contributed by atoms with Gasteiger partial charge in [-0.3, -0.25) is 0 Å². The first-order chi connectivity index (χ1) is 9.52. The molecule has 4 heteroatoms. The highest BCUT2D eigenvalue weighted by Gasteiger charge is 2.17. The number of rotatable bonds is 3. The van der Waals surface area contributed by atoms with Crippen LogP contribution >= 0.6 is 0 Å². The van der Waals surface area contributed by atoms with Crippen LogP contribution in [0.2, 0.25) is 0 Å². The van der Waals surface area contributed by atoms with Crippen molar-refractivity contribution in [1.82, 2.24) is 0 Å². The Labute approximate surface area is 117 Å². The summed E-state index contributed by atoms with van der Waals surface area (Å²) in [7, 11) is 1.42. The number of carbonyl (C=O) groups excluding carboxylic acids is 1. The van der Waals surface area contributed by atoms with Crippen LogP contribution in [0.15, 0.2) is 36.4 Å². The lowest BCUT2D eigenvalue weighted by Crippen LogP contribution is -2.12. The average Bonchev–Trinajstić information content (AvgIpc) is 2.43. The number of methoxy groups -OCH3 is 1. The molecule has 0 aliphatic rings. The maximum absolute atomic E-state index is 13.3. The maximum Gasteiger partial charge on any atom is 0.347 e. The molecule has 0 saturated carbocycles. The van der Waals surface area contributed by atoms with Crippen molar-refractivity contribution in [2.75, 3.05) is 7.11 Å². The number of benzene rings is 2. The van der Waals surface area contributed by atoms with Crippen molar-refractivity contribution < 1.29 is 18.7 Å². The molecule has 0 aliphatic heterocycles. The number of halogens is 1. The van der Waals surface area contributed by atoms with Gasteiger partial charge in [0.15, 0.2) is 0 Å². The molecule has 0 unspecified atom stereocenters. The summed E-state index contributed by atoms with van der Waals surface area (Å²) in [6.45, 7) is 3.69. The van der Waals surface area contributed by atoms with Gasteiger partial charge in [0, 0.05) is 0 Å². The van der Waals surface area contributed by atoms with E-state index in [1.807, 2.05) is 32.0 Å². The molecular formula is C16H15FO3. The topological polar surface area (TPSA) is 35.5 Å². The van der Waals surface area contributed by atoms with E-state index < -0.39 is 11.8 Å². The molecule has 0 spiro atoms. The number of para-hydroxylation sites is 1. The molecule has 0 heterocycles. The first-order valence-electron chi connectivity index (χ1n) is 6.15. The SMILES string of the molecule is COc1ccc(F)cc1C(=O)Oc1c(C)cccc1C. The average molecular weight is 274 g/mol. The molecule has 0 radical (unpaired) electrons. The Morgan fingerprint density at radius 1 is 1.10 bits per heavy atom. The summed E-state index contributed by atoms with van der Waals surface area (Å²) in [5.74, 6) is -0.385. The van der Waals surface area contributed by atoms with Crippen LogP contribution in [0.1, 0.15) is 21.5 Å². The number of carbonyl (C=O) groups is 1. The summed E-state index contributed by atoms with van der Waals surface area (Å²) >= 11 is 0. The molecule has 0 aromatic heterocycles. The van der Waals surface area contributed by atoms with Crippen LogP contribution in [0.3, 0.4) is 0 Å². The number of hydrogen-bond donors (Lipinski definition) is 0. The van der Waals surface area contributed by atoms with Crippen LogP contribution in [0.4, 0.5) is 4.39 Å². The molecule has 0 saturated heterocycles. The molecule has 0 atom stereocenters. The van der Waals surface area contributed by atoms with E-state index in [1.54, 1.807) is 0 Å². The minimum atomic E-state index is -0.640. The van der Waals surface area contributed by atoms with Gasteiger partial charge in [-0.2, -0.15) is 0 Å². The van der Waals surface area contributed by atoms with Gasteiger partial charge in [0.2, 0.25) is 0 Å². The predicted octanol–water partition coefficient (Wildman–Crippen LogP) is 3.67. The van der Waals surface area contributed by atoms with Crippen molar-refractivity contribution in [3.63, 3.8) is 0 Å². The van der Waals surface area contributed by atoms with E-state index in [1.165, 1.54) is 19.2 Å². The van der Waals surface area contributed by atoms with Crippen molar-refractivity contribution in [1.29, 1.82) is 0 Å². The lowest BCUT2D eigenvalue weighted by atomic mass is 10.1. The van der Waals surface area contributed by atoms with Gasteiger partial charge >= 0.3 is 5.97 Å². The van der Waals surface area contributed by atoms with Gasteiger partial charge in [-0.1, -0.05) is 18.2 Å². The molecule has 0 N–H and O–H groups in total. The summed E-state index contributed by atoms with van der Waals surface area (Å²) in [4.78, 5) is 12.2. The number of hydrogen-bond acceptors (Lipinski definition) is 3. The van der Waals surface area contributed by atoms with Gasteiger partial charge in [0.1, 0.15) is 22.9 Å². The zero-order valence-electron chi connectivity index (χ0n) is 11.6. The van der Waals surface area contributed by atoms with E-state index in [4.69, 9.17) is 9.47 Å². The third kappa shape index (κ3) is 2.79. The Morgan fingerprint density at radius 2 is 1.75 bits per heavy atom. The Bertz CT molecular complexity index is 630. The lowest BCUT2D eigenvalue weighted by Gasteiger charge is -2.12. The van der Waals surface area contributed by atoms with Crippen LogP contribution in [0.5, 0.6) is 11.5 Å². The molecule has 104 valence electrons. The highest BCUT2D eigenvalue weighted by atomic mass is 19.1. The van der Waals surface area contributed by atoms with Crippen molar-refractivity contribution in [2.45, 2.75) is 13.8 Å². The van der Waals surface area contributed by atoms with Gasteiger partial charge in [0.05, 0.1) is 7.11 Å². The molecule has 2 aromatic rings. The Morgan fingerprint density at radius 3 is 2.35 bits per heavy atom. The van der Waals surface area contributed by atoms with Crippen LogP contribution in [0, 0.1) is 19.7 Å². The summed E-state index contributed by atoms with van der Waals surface area (Å²) in [6.07, 6.45) is 0. The molecule has 2 rings (SSSR count). The van der Waals surface area contributed by atoms with E-state index in [0.29, 0.717) is 5.75 Å². The summed E-state index contributed by atoms with van der Waals surface area (Å²) in [5.41, 5.74) is 1.75. The molecule has 0 bridgehead atoms. The third-order valence-electron chi connectivity index (χ3n) is 2.98. The highest BCUT2D eigenvalue weighted by Crippen LogP contribution is 2.26. The second-order valence-corrected chi connectivity index (χ2v) is 4.46. The fraction of sp³-hybridized carbons (Fsp3) is 0.188. The maximum atomic E-state index is 13.3. The largest absolute Gasteiger partial charge is 0.496 e. The number of aryl methyl sites for hydroxylation is 2. The van der Waals surface area contributed by atoms with E-state index in [0.717, 1.165) is 17.2 Å². The summed E-state index contributed by atoms with van der Waals surface area (Å²) in [6, 6.07) is 9.31. The quantitative estimate of drug-likeness (QED) is 0.633. The lowest BCUT2D eigenvalue weighted by molar-refractivity contribution is 0.0728. The zero-order valence-corrected chi connectivity index (χ0v) is 11.6. The van der Waals surface area contributed by atoms with Crippen molar-refractivity contribution in [3.05, 3.63) is 58.9 Å². The fourth-order valence-corrected chi connectivity index (χ4v) is 1.95. The number of ether oxygens (including phenoxy) is 2. The van der Waals surface area contributed by atoms with Crippen molar-refractivity contribution >= 4 is 5.97 Å². The molecular weight excluding hydrogens is 259 g/mol. The second kappa shape index (κ2) is 5.74. The molecule has 3 nitrogen and oxygen atoms in total. The second-order valence-electron chi connectivity index (χ2n) is 4.46. The normalized spacial score (nSPS) is 10.2. The van der Waals surface area contributed by atoms with Gasteiger partial charge in [-0.15, -0.1) is 0 Å². The van der Waals surface area contributed by atoms with Crippen LogP contribution < -0.4 is 9.47 Å². The van der Waals surface area contributed by atoms with E-state index in [2.05, 4.69) is 0 Å². The first kappa shape index (κ1) is 14.1. The Kier molecular flexibility index (Phi) is 4.03. The van der Waals surface area contributed by atoms with Gasteiger partial charge < -0.3 is 9.47 Å². The highest BCUT2D eigenvalue weighted by molar-refractivity contribution is 5.94. The van der Waals surface area contributed by atoms with E-state index in [-0.39, 0.29) is 11.3 Å².